The van der Waals surface area contributed by atoms with Gasteiger partial charge in [-0.25, -0.2) is 0 Å². The second-order valence-corrected chi connectivity index (χ2v) is 0.724. The number of aliphatic hydroxyl groups is 1. The van der Waals surface area contributed by atoms with Gasteiger partial charge in [-0.3, -0.25) is 0 Å². The summed E-state index contributed by atoms with van der Waals surface area (Å²) in [6.45, 7) is 2.25. The van der Waals surface area contributed by atoms with Gasteiger partial charge in [0.1, 0.15) is 0 Å². The molecule has 0 unspecified atom stereocenters. The van der Waals surface area contributed by atoms with Crippen LogP contribution in [0.4, 0.5) is 0 Å². The minimum atomic E-state index is 0. The van der Waals surface area contributed by atoms with Crippen molar-refractivity contribution in [3.63, 3.8) is 0 Å². The zero-order valence-electron chi connectivity index (χ0n) is 4.57. The minimum Gasteiger partial charge on any atom is -1.00 e. The molecule has 0 heterocycles. The topological polar surface area (TPSA) is 20.2 Å². The maximum atomic E-state index is 7.88. The van der Waals surface area contributed by atoms with E-state index in [0.29, 0.717) is 6.61 Å². The molecule has 0 aromatic heterocycles. The molecule has 50 valence electrons. The van der Waals surface area contributed by atoms with Gasteiger partial charge in [0.25, 0.3) is 0 Å². The van der Waals surface area contributed by atoms with Crippen molar-refractivity contribution in [1.29, 1.82) is 0 Å². The van der Waals surface area contributed by atoms with E-state index in [1.54, 1.807) is 0 Å². The molecule has 0 saturated carbocycles. The van der Waals surface area contributed by atoms with Gasteiger partial charge < -0.3 is 19.2 Å². The second-order valence-electron chi connectivity index (χ2n) is 0.724. The number of aliphatic hydroxyl groups excluding tert-OH is 1. The van der Waals surface area contributed by atoms with Crippen molar-refractivity contribution < 1.29 is 19.2 Å². The van der Waals surface area contributed by atoms with Crippen LogP contribution in [-0.2, 0) is 0 Å². The van der Waals surface area contributed by atoms with Crippen molar-refractivity contribution >= 4 is 8.41 Å². The molecule has 0 aromatic carbocycles. The third-order valence-electron chi connectivity index (χ3n) is 0.224. The molecule has 0 bridgehead atoms. The Balaban J connectivity index is -0.00000000750. The minimum absolute atomic E-state index is 0. The Kier molecular flexibility index (Phi) is 401. The van der Waals surface area contributed by atoms with Crippen LogP contribution in [0, 0.1) is 0 Å². The molecule has 0 aliphatic rings. The molecule has 1 nitrogen and oxygen atoms in total. The fraction of sp³-hybridized carbons (Fsp3) is 1.00. The van der Waals surface area contributed by atoms with E-state index in [1.807, 2.05) is 6.92 Å². The van der Waals surface area contributed by atoms with Crippen LogP contribution in [0.15, 0.2) is 0 Å². The number of rotatable bonds is 1. The van der Waals surface area contributed by atoms with E-state index < -0.39 is 0 Å². The molecule has 0 amide bonds. The Morgan fingerprint density at radius 1 is 1.12 bits per heavy atom. The molecule has 0 aliphatic heterocycles. The summed E-state index contributed by atoms with van der Waals surface area (Å²) in [5, 5.41) is 7.88. The predicted octanol–water partition coefficient (Wildman–Crippen LogP) is -8.98. The summed E-state index contributed by atoms with van der Waals surface area (Å²) >= 11 is 0. The molecule has 0 spiro atoms. The molecular weight excluding hydrogens is 120 g/mol. The third-order valence-corrected chi connectivity index (χ3v) is 0.224. The van der Waals surface area contributed by atoms with Crippen molar-refractivity contribution in [3.05, 3.63) is 0 Å². The Labute approximate surface area is 48.8 Å². The Morgan fingerprint density at radius 2 is 1.25 bits per heavy atom. The molecule has 1 N–H and O–H groups in total. The van der Waals surface area contributed by atoms with Gasteiger partial charge in [-0.05, 0) is 6.42 Å². The van der Waals surface area contributed by atoms with Crippen molar-refractivity contribution in [2.75, 3.05) is 6.61 Å². The summed E-state index contributed by atoms with van der Waals surface area (Å²) in [6, 6.07) is 0. The molecule has 0 fully saturated rings. The van der Waals surface area contributed by atoms with Crippen molar-refractivity contribution in [2.24, 2.45) is 0 Å². The van der Waals surface area contributed by atoms with Gasteiger partial charge in [0, 0.05) is 6.61 Å². The van der Waals surface area contributed by atoms with Gasteiger partial charge in [-0.1, -0.05) is 6.92 Å². The first-order valence-electron chi connectivity index (χ1n) is 1.52. The number of hydrogen-bond donors (Lipinski definition) is 1. The van der Waals surface area contributed by atoms with Crippen LogP contribution in [0.3, 0.4) is 0 Å². The Morgan fingerprint density at radius 3 is 1.25 bits per heavy atom. The van der Waals surface area contributed by atoms with Crippen molar-refractivity contribution in [1.82, 2.24) is 0 Å². The zero-order valence-corrected chi connectivity index (χ0v) is 4.57. The normalized spacial score (nSPS) is 3.75. The Hall–Kier alpha value is -0.185. The van der Waals surface area contributed by atoms with Crippen LogP contribution >= 0.6 is 0 Å². The van der Waals surface area contributed by atoms with E-state index in [9.17, 15) is 0 Å². The molecule has 0 radical (unpaired) electrons. The fourth-order valence-corrected chi connectivity index (χ4v) is 0. The molecule has 0 saturated heterocycles. The molecule has 0 rings (SSSR count). The average molecular weight is 128 g/mol. The standard InChI is InChI=1S/C3H8O.B.3FH/c1-2-3-4;;;;/h4H,2-3H2,1H3;;3*1H/q;+3;;;/p-3. The molecule has 0 atom stereocenters. The smallest absolute Gasteiger partial charge is 1.00 e. The molecule has 0 aromatic rings. The molecule has 5 heteroatoms. The monoisotopic (exact) mass is 128 g/mol. The van der Waals surface area contributed by atoms with Crippen LogP contribution in [0.25, 0.3) is 0 Å². The van der Waals surface area contributed by atoms with Crippen LogP contribution in [-0.4, -0.2) is 20.1 Å². The first-order valence-corrected chi connectivity index (χ1v) is 1.52. The van der Waals surface area contributed by atoms with E-state index in [0.717, 1.165) is 6.42 Å². The van der Waals surface area contributed by atoms with E-state index in [4.69, 9.17) is 5.11 Å². The van der Waals surface area contributed by atoms with Gasteiger partial charge in [-0.15, -0.1) is 0 Å². The first-order chi connectivity index (χ1) is 1.91. The molecular formula is C3H8BF3O. The summed E-state index contributed by atoms with van der Waals surface area (Å²) in [5.74, 6) is 0. The summed E-state index contributed by atoms with van der Waals surface area (Å²) in [5.41, 5.74) is 0. The fourth-order valence-electron chi connectivity index (χ4n) is 0. The van der Waals surface area contributed by atoms with Gasteiger partial charge in [0.2, 0.25) is 0 Å². The van der Waals surface area contributed by atoms with Crippen molar-refractivity contribution in [2.45, 2.75) is 13.3 Å². The SMILES string of the molecule is CCCO.[B+3].[F-].[F-].[F-]. The maximum Gasteiger partial charge on any atom is 3.00 e. The van der Waals surface area contributed by atoms with Gasteiger partial charge in [0.05, 0.1) is 0 Å². The van der Waals surface area contributed by atoms with E-state index in [1.165, 1.54) is 0 Å². The zero-order chi connectivity index (χ0) is 3.41. The van der Waals surface area contributed by atoms with Crippen LogP contribution in [0.2, 0.25) is 0 Å². The number of halogens is 3. The number of hydrogen-bond acceptors (Lipinski definition) is 1. The summed E-state index contributed by atoms with van der Waals surface area (Å²) in [7, 11) is 0. The van der Waals surface area contributed by atoms with E-state index in [-0.39, 0.29) is 22.5 Å². The van der Waals surface area contributed by atoms with Crippen LogP contribution in [0.5, 0.6) is 0 Å². The summed E-state index contributed by atoms with van der Waals surface area (Å²) in [4.78, 5) is 0. The quantitative estimate of drug-likeness (QED) is 0.347. The molecule has 0 aliphatic carbocycles. The van der Waals surface area contributed by atoms with Gasteiger partial charge >= 0.3 is 8.41 Å². The van der Waals surface area contributed by atoms with Crippen LogP contribution in [0.1, 0.15) is 13.3 Å². The maximum absolute atomic E-state index is 7.88. The molecule has 8 heavy (non-hydrogen) atoms. The summed E-state index contributed by atoms with van der Waals surface area (Å²) in [6.07, 6.45) is 0.875. The first kappa shape index (κ1) is 45.8. The summed E-state index contributed by atoms with van der Waals surface area (Å²) < 4.78 is 0. The van der Waals surface area contributed by atoms with E-state index >= 15 is 0 Å². The van der Waals surface area contributed by atoms with E-state index in [2.05, 4.69) is 0 Å². The van der Waals surface area contributed by atoms with Crippen LogP contribution < -0.4 is 14.1 Å². The largest absolute Gasteiger partial charge is 3.00 e. The average Bonchev–Trinajstić information content (AvgIpc) is 1.37. The van der Waals surface area contributed by atoms with Crippen molar-refractivity contribution in [3.8, 4) is 0 Å². The predicted molar refractivity (Wildman–Crippen MR) is 23.1 cm³/mol. The Bertz CT molecular complexity index is 16.5. The van der Waals surface area contributed by atoms with Gasteiger partial charge in [-0.2, -0.15) is 0 Å². The van der Waals surface area contributed by atoms with Gasteiger partial charge in [0.15, 0.2) is 0 Å². The second kappa shape index (κ2) is 70.0. The third kappa shape index (κ3) is 203.